The zero-order valence-corrected chi connectivity index (χ0v) is 14.6. The maximum Gasteiger partial charge on any atom is 0.254 e. The number of halogens is 2. The molecular weight excluding hydrogens is 357 g/mol. The monoisotopic (exact) mass is 371 g/mol. The van der Waals surface area contributed by atoms with Gasteiger partial charge in [0.25, 0.3) is 5.56 Å². The molecule has 0 spiro atoms. The number of benzene rings is 2. The van der Waals surface area contributed by atoms with E-state index >= 15 is 0 Å². The Balaban J connectivity index is 1.91. The van der Waals surface area contributed by atoms with E-state index in [1.807, 2.05) is 0 Å². The van der Waals surface area contributed by atoms with E-state index in [4.69, 9.17) is 11.6 Å². The Labute approximate surface area is 154 Å². The van der Waals surface area contributed by atoms with Gasteiger partial charge in [0, 0.05) is 28.0 Å². The highest BCUT2D eigenvalue weighted by Gasteiger charge is 2.13. The highest BCUT2D eigenvalue weighted by atomic mass is 35.5. The Morgan fingerprint density at radius 2 is 1.81 bits per heavy atom. The maximum atomic E-state index is 13.0. The van der Waals surface area contributed by atoms with Crippen molar-refractivity contribution in [3.05, 3.63) is 81.5 Å². The summed E-state index contributed by atoms with van der Waals surface area (Å²) in [4.78, 5) is 29.1. The predicted molar refractivity (Wildman–Crippen MR) is 98.7 cm³/mol. The van der Waals surface area contributed by atoms with Crippen molar-refractivity contribution < 1.29 is 9.18 Å². The summed E-state index contributed by atoms with van der Waals surface area (Å²) in [7, 11) is 0. The van der Waals surface area contributed by atoms with Crippen LogP contribution in [0.2, 0.25) is 5.02 Å². The summed E-state index contributed by atoms with van der Waals surface area (Å²) in [6.07, 6.45) is 0. The summed E-state index contributed by atoms with van der Waals surface area (Å²) in [5.41, 5.74) is 1.33. The average molecular weight is 372 g/mol. The molecule has 26 heavy (non-hydrogen) atoms. The number of rotatable bonds is 4. The third-order valence-corrected chi connectivity index (χ3v) is 3.92. The van der Waals surface area contributed by atoms with E-state index in [0.29, 0.717) is 27.8 Å². The van der Waals surface area contributed by atoms with Gasteiger partial charge in [-0.05, 0) is 55.5 Å². The molecule has 1 N–H and O–H groups in total. The smallest absolute Gasteiger partial charge is 0.254 e. The van der Waals surface area contributed by atoms with Crippen molar-refractivity contribution in [2.45, 2.75) is 13.5 Å². The lowest BCUT2D eigenvalue weighted by atomic mass is 10.2. The first-order chi connectivity index (χ1) is 12.4. The van der Waals surface area contributed by atoms with Crippen molar-refractivity contribution in [3.63, 3.8) is 0 Å². The summed E-state index contributed by atoms with van der Waals surface area (Å²) in [6, 6.07) is 13.6. The van der Waals surface area contributed by atoms with E-state index in [2.05, 4.69) is 10.3 Å². The summed E-state index contributed by atoms with van der Waals surface area (Å²) in [6.45, 7) is 1.49. The van der Waals surface area contributed by atoms with Crippen molar-refractivity contribution in [2.24, 2.45) is 0 Å². The maximum absolute atomic E-state index is 13.0. The molecule has 1 heterocycles. The van der Waals surface area contributed by atoms with Gasteiger partial charge >= 0.3 is 0 Å². The number of anilines is 1. The van der Waals surface area contributed by atoms with Gasteiger partial charge in [0.1, 0.15) is 18.2 Å². The summed E-state index contributed by atoms with van der Waals surface area (Å²) >= 11 is 5.91. The van der Waals surface area contributed by atoms with Crippen LogP contribution in [0.1, 0.15) is 5.69 Å². The summed E-state index contributed by atoms with van der Waals surface area (Å²) in [5.74, 6) is -0.438. The molecule has 7 heteroatoms. The Morgan fingerprint density at radius 1 is 1.15 bits per heavy atom. The van der Waals surface area contributed by atoms with Gasteiger partial charge in [-0.1, -0.05) is 11.6 Å². The number of hydrogen-bond acceptors (Lipinski definition) is 3. The van der Waals surface area contributed by atoms with Crippen LogP contribution in [0.15, 0.2) is 59.4 Å². The topological polar surface area (TPSA) is 64.0 Å². The van der Waals surface area contributed by atoms with Gasteiger partial charge in [0.15, 0.2) is 0 Å². The standard InChI is InChI=1S/C19H15ClFN3O2/c1-12-10-18(26)24(19(22-12)13-2-4-14(20)5-3-13)11-17(25)23-16-8-6-15(21)7-9-16/h2-10H,11H2,1H3,(H,23,25). The number of amides is 1. The van der Waals surface area contributed by atoms with E-state index in [1.165, 1.54) is 34.9 Å². The van der Waals surface area contributed by atoms with Crippen molar-refractivity contribution >= 4 is 23.2 Å². The SMILES string of the molecule is Cc1cc(=O)n(CC(=O)Nc2ccc(F)cc2)c(-c2ccc(Cl)cc2)n1. The van der Waals surface area contributed by atoms with Crippen LogP contribution in [0, 0.1) is 12.7 Å². The third-order valence-electron chi connectivity index (χ3n) is 3.67. The van der Waals surface area contributed by atoms with Crippen LogP contribution >= 0.6 is 11.6 Å². The number of aryl methyl sites for hydroxylation is 1. The molecule has 0 aliphatic carbocycles. The molecule has 2 aromatic carbocycles. The van der Waals surface area contributed by atoms with E-state index in [0.717, 1.165) is 0 Å². The average Bonchev–Trinajstić information content (AvgIpc) is 2.60. The van der Waals surface area contributed by atoms with Crippen LogP contribution < -0.4 is 10.9 Å². The fourth-order valence-corrected chi connectivity index (χ4v) is 2.60. The minimum absolute atomic E-state index is 0.221. The minimum atomic E-state index is -0.417. The van der Waals surface area contributed by atoms with Gasteiger partial charge in [0.05, 0.1) is 0 Å². The van der Waals surface area contributed by atoms with Crippen LogP contribution in [0.3, 0.4) is 0 Å². The van der Waals surface area contributed by atoms with Crippen LogP contribution in [0.5, 0.6) is 0 Å². The Kier molecular flexibility index (Phi) is 5.14. The molecule has 0 fully saturated rings. The normalized spacial score (nSPS) is 10.6. The minimum Gasteiger partial charge on any atom is -0.325 e. The third kappa shape index (κ3) is 4.15. The number of carbonyl (C=O) groups is 1. The fourth-order valence-electron chi connectivity index (χ4n) is 2.47. The molecule has 0 unspecified atom stereocenters. The molecule has 0 saturated heterocycles. The molecule has 1 aromatic heterocycles. The van der Waals surface area contributed by atoms with Crippen molar-refractivity contribution in [1.82, 2.24) is 9.55 Å². The first-order valence-electron chi connectivity index (χ1n) is 7.82. The van der Waals surface area contributed by atoms with Gasteiger partial charge in [-0.2, -0.15) is 0 Å². The number of nitrogens with zero attached hydrogens (tertiary/aromatic N) is 2. The summed E-state index contributed by atoms with van der Waals surface area (Å²) in [5, 5.41) is 3.19. The molecule has 0 aliphatic rings. The molecule has 0 aliphatic heterocycles. The highest BCUT2D eigenvalue weighted by Crippen LogP contribution is 2.19. The molecule has 3 aromatic rings. The van der Waals surface area contributed by atoms with Crippen LogP contribution in [0.4, 0.5) is 10.1 Å². The zero-order valence-electron chi connectivity index (χ0n) is 13.9. The molecule has 0 radical (unpaired) electrons. The highest BCUT2D eigenvalue weighted by molar-refractivity contribution is 6.30. The first-order valence-corrected chi connectivity index (χ1v) is 8.20. The number of aromatic nitrogens is 2. The number of hydrogen-bond donors (Lipinski definition) is 1. The van der Waals surface area contributed by atoms with Crippen LogP contribution in [0.25, 0.3) is 11.4 Å². The van der Waals surface area contributed by atoms with Gasteiger partial charge in [-0.15, -0.1) is 0 Å². The molecule has 5 nitrogen and oxygen atoms in total. The second-order valence-electron chi connectivity index (χ2n) is 5.71. The Morgan fingerprint density at radius 3 is 2.46 bits per heavy atom. The number of carbonyl (C=O) groups excluding carboxylic acids is 1. The van der Waals surface area contributed by atoms with Crippen LogP contribution in [-0.4, -0.2) is 15.5 Å². The molecule has 132 valence electrons. The molecule has 0 atom stereocenters. The second-order valence-corrected chi connectivity index (χ2v) is 6.14. The van der Waals surface area contributed by atoms with Crippen molar-refractivity contribution in [3.8, 4) is 11.4 Å². The van der Waals surface area contributed by atoms with Crippen molar-refractivity contribution in [1.29, 1.82) is 0 Å². The van der Waals surface area contributed by atoms with Crippen LogP contribution in [-0.2, 0) is 11.3 Å². The molecule has 0 saturated carbocycles. The lowest BCUT2D eigenvalue weighted by Gasteiger charge is -2.13. The first kappa shape index (κ1) is 17.8. The molecule has 3 rings (SSSR count). The Bertz CT molecular complexity index is 999. The largest absolute Gasteiger partial charge is 0.325 e. The van der Waals surface area contributed by atoms with Gasteiger partial charge < -0.3 is 5.32 Å². The lowest BCUT2D eigenvalue weighted by molar-refractivity contribution is -0.116. The molecule has 0 bridgehead atoms. The van der Waals surface area contributed by atoms with Crippen molar-refractivity contribution in [2.75, 3.05) is 5.32 Å². The van der Waals surface area contributed by atoms with E-state index in [-0.39, 0.29) is 12.1 Å². The quantitative estimate of drug-likeness (QED) is 0.761. The molecular formula is C19H15ClFN3O2. The lowest BCUT2D eigenvalue weighted by Crippen LogP contribution is -2.29. The predicted octanol–water partition coefficient (Wildman–Crippen LogP) is 3.65. The van der Waals surface area contributed by atoms with E-state index in [1.54, 1.807) is 31.2 Å². The second kappa shape index (κ2) is 7.49. The van der Waals surface area contributed by atoms with E-state index in [9.17, 15) is 14.0 Å². The van der Waals surface area contributed by atoms with Gasteiger partial charge in [-0.25, -0.2) is 9.37 Å². The van der Waals surface area contributed by atoms with Gasteiger partial charge in [-0.3, -0.25) is 14.2 Å². The number of nitrogens with one attached hydrogen (secondary N) is 1. The summed E-state index contributed by atoms with van der Waals surface area (Å²) < 4.78 is 14.2. The Hall–Kier alpha value is -2.99. The van der Waals surface area contributed by atoms with Gasteiger partial charge in [0.2, 0.25) is 5.91 Å². The van der Waals surface area contributed by atoms with E-state index < -0.39 is 11.7 Å². The fraction of sp³-hybridized carbons (Fsp3) is 0.105. The zero-order chi connectivity index (χ0) is 18.7. The molecule has 1 amide bonds.